The van der Waals surface area contributed by atoms with Crippen LogP contribution in [0.4, 0.5) is 0 Å². The van der Waals surface area contributed by atoms with E-state index in [-0.39, 0.29) is 11.5 Å². The Morgan fingerprint density at radius 1 is 1.06 bits per heavy atom. The number of hydrogen-bond acceptors (Lipinski definition) is 3. The number of benzene rings is 1. The molecule has 0 amide bonds. The molecule has 0 aliphatic heterocycles. The van der Waals surface area contributed by atoms with Crippen molar-refractivity contribution >= 4 is 0 Å². The summed E-state index contributed by atoms with van der Waals surface area (Å²) in [5, 5.41) is 0. The first kappa shape index (κ1) is 12.8. The van der Waals surface area contributed by atoms with Crippen molar-refractivity contribution in [1.82, 2.24) is 0 Å². The Morgan fingerprint density at radius 3 is 1.81 bits per heavy atom. The summed E-state index contributed by atoms with van der Waals surface area (Å²) in [5.74, 6) is 1.56. The summed E-state index contributed by atoms with van der Waals surface area (Å²) in [6.07, 6.45) is 0. The Balaban J connectivity index is 3.28. The Labute approximate surface area is 97.6 Å². The molecule has 0 radical (unpaired) electrons. The van der Waals surface area contributed by atoms with Gasteiger partial charge in [0.25, 0.3) is 0 Å². The van der Waals surface area contributed by atoms with Gasteiger partial charge in [0.05, 0.1) is 19.8 Å². The van der Waals surface area contributed by atoms with Gasteiger partial charge in [-0.15, -0.1) is 0 Å². The highest BCUT2D eigenvalue weighted by Gasteiger charge is 2.27. The first-order valence-corrected chi connectivity index (χ1v) is 5.38. The fourth-order valence-electron chi connectivity index (χ4n) is 1.62. The van der Waals surface area contributed by atoms with Gasteiger partial charge in [0.15, 0.2) is 0 Å². The van der Waals surface area contributed by atoms with Gasteiger partial charge in [0.1, 0.15) is 11.5 Å². The minimum absolute atomic E-state index is 0.0398. The molecule has 0 spiro atoms. The molecule has 0 aromatic heterocycles. The smallest absolute Gasteiger partial charge is 0.127 e. The van der Waals surface area contributed by atoms with Crippen LogP contribution in [0.2, 0.25) is 0 Å². The molecular formula is C13H21NO2. The summed E-state index contributed by atoms with van der Waals surface area (Å²) in [6, 6.07) is 5.59. The molecule has 1 atom stereocenters. The number of rotatable bonds is 3. The van der Waals surface area contributed by atoms with E-state index in [9.17, 15) is 0 Å². The van der Waals surface area contributed by atoms with Gasteiger partial charge in [0, 0.05) is 6.04 Å². The molecule has 0 unspecified atom stereocenters. The van der Waals surface area contributed by atoms with Crippen molar-refractivity contribution < 1.29 is 9.47 Å². The molecular weight excluding hydrogens is 202 g/mol. The van der Waals surface area contributed by atoms with Gasteiger partial charge in [-0.1, -0.05) is 26.8 Å². The average Bonchev–Trinajstić information content (AvgIpc) is 2.25. The molecule has 1 rings (SSSR count). The average molecular weight is 223 g/mol. The van der Waals surface area contributed by atoms with Gasteiger partial charge in [-0.3, -0.25) is 0 Å². The standard InChI is InChI=1S/C13H21NO2/c1-13(2,3)12(14)11-9(15-4)7-6-8-10(11)16-5/h6-8,12H,14H2,1-5H3/t12-/m1/s1. The minimum atomic E-state index is -0.126. The second-order valence-electron chi connectivity index (χ2n) is 4.92. The normalized spacial score (nSPS) is 13.4. The van der Waals surface area contributed by atoms with Crippen molar-refractivity contribution in [3.8, 4) is 11.5 Å². The predicted molar refractivity (Wildman–Crippen MR) is 65.9 cm³/mol. The van der Waals surface area contributed by atoms with E-state index in [1.165, 1.54) is 0 Å². The molecule has 0 saturated carbocycles. The molecule has 0 heterocycles. The van der Waals surface area contributed by atoms with Crippen LogP contribution in [0.3, 0.4) is 0 Å². The second kappa shape index (κ2) is 4.74. The van der Waals surface area contributed by atoms with Crippen LogP contribution in [0.5, 0.6) is 11.5 Å². The topological polar surface area (TPSA) is 44.5 Å². The minimum Gasteiger partial charge on any atom is -0.496 e. The molecule has 2 N–H and O–H groups in total. The molecule has 16 heavy (non-hydrogen) atoms. The van der Waals surface area contributed by atoms with Crippen molar-refractivity contribution in [2.45, 2.75) is 26.8 Å². The summed E-state index contributed by atoms with van der Waals surface area (Å²) in [5.41, 5.74) is 7.16. The van der Waals surface area contributed by atoms with Crippen LogP contribution in [0.1, 0.15) is 32.4 Å². The van der Waals surface area contributed by atoms with E-state index in [1.54, 1.807) is 14.2 Å². The van der Waals surface area contributed by atoms with Crippen LogP contribution < -0.4 is 15.2 Å². The molecule has 1 aromatic rings. The monoisotopic (exact) mass is 223 g/mol. The molecule has 90 valence electrons. The highest BCUT2D eigenvalue weighted by atomic mass is 16.5. The Morgan fingerprint density at radius 2 is 1.50 bits per heavy atom. The molecule has 0 aliphatic carbocycles. The Bertz CT molecular complexity index is 333. The van der Waals surface area contributed by atoms with E-state index in [0.29, 0.717) is 0 Å². The van der Waals surface area contributed by atoms with Crippen LogP contribution in [-0.2, 0) is 0 Å². The number of ether oxygens (including phenoxy) is 2. The van der Waals surface area contributed by atoms with Gasteiger partial charge in [-0.2, -0.15) is 0 Å². The molecule has 3 nitrogen and oxygen atoms in total. The summed E-state index contributed by atoms with van der Waals surface area (Å²) in [4.78, 5) is 0. The number of methoxy groups -OCH3 is 2. The van der Waals surface area contributed by atoms with Gasteiger partial charge >= 0.3 is 0 Å². The maximum absolute atomic E-state index is 6.26. The molecule has 1 aromatic carbocycles. The largest absolute Gasteiger partial charge is 0.496 e. The van der Waals surface area contributed by atoms with Crippen molar-refractivity contribution in [2.75, 3.05) is 14.2 Å². The van der Waals surface area contributed by atoms with E-state index in [0.717, 1.165) is 17.1 Å². The third-order valence-electron chi connectivity index (χ3n) is 2.71. The first-order valence-electron chi connectivity index (χ1n) is 5.38. The van der Waals surface area contributed by atoms with Crippen LogP contribution in [0.15, 0.2) is 18.2 Å². The lowest BCUT2D eigenvalue weighted by Crippen LogP contribution is -2.27. The van der Waals surface area contributed by atoms with Crippen LogP contribution >= 0.6 is 0 Å². The Kier molecular flexibility index (Phi) is 3.81. The van der Waals surface area contributed by atoms with Crippen molar-refractivity contribution in [2.24, 2.45) is 11.1 Å². The number of hydrogen-bond donors (Lipinski definition) is 1. The fourth-order valence-corrected chi connectivity index (χ4v) is 1.62. The highest BCUT2D eigenvalue weighted by molar-refractivity contribution is 5.47. The zero-order valence-corrected chi connectivity index (χ0v) is 10.7. The van der Waals surface area contributed by atoms with E-state index in [1.807, 2.05) is 18.2 Å². The van der Waals surface area contributed by atoms with Gasteiger partial charge in [0.2, 0.25) is 0 Å². The lowest BCUT2D eigenvalue weighted by atomic mass is 9.82. The zero-order valence-electron chi connectivity index (χ0n) is 10.7. The summed E-state index contributed by atoms with van der Waals surface area (Å²) in [6.45, 7) is 6.30. The van der Waals surface area contributed by atoms with E-state index in [4.69, 9.17) is 15.2 Å². The zero-order chi connectivity index (χ0) is 12.3. The third-order valence-corrected chi connectivity index (χ3v) is 2.71. The lowest BCUT2D eigenvalue weighted by Gasteiger charge is -2.29. The van der Waals surface area contributed by atoms with Crippen LogP contribution in [-0.4, -0.2) is 14.2 Å². The quantitative estimate of drug-likeness (QED) is 0.857. The van der Waals surface area contributed by atoms with E-state index >= 15 is 0 Å². The van der Waals surface area contributed by atoms with Gasteiger partial charge in [-0.05, 0) is 17.5 Å². The van der Waals surface area contributed by atoms with Gasteiger partial charge < -0.3 is 15.2 Å². The molecule has 0 bridgehead atoms. The number of nitrogens with two attached hydrogens (primary N) is 1. The molecule has 0 aliphatic rings. The van der Waals surface area contributed by atoms with Gasteiger partial charge in [-0.25, -0.2) is 0 Å². The summed E-state index contributed by atoms with van der Waals surface area (Å²) < 4.78 is 10.7. The van der Waals surface area contributed by atoms with Crippen LogP contribution in [0, 0.1) is 5.41 Å². The second-order valence-corrected chi connectivity index (χ2v) is 4.92. The maximum atomic E-state index is 6.26. The SMILES string of the molecule is COc1cccc(OC)c1[C@@H](N)C(C)(C)C. The third kappa shape index (κ3) is 2.47. The lowest BCUT2D eigenvalue weighted by molar-refractivity contribution is 0.301. The highest BCUT2D eigenvalue weighted by Crippen LogP contribution is 2.40. The molecule has 0 fully saturated rings. The summed E-state index contributed by atoms with van der Waals surface area (Å²) >= 11 is 0. The van der Waals surface area contributed by atoms with Crippen molar-refractivity contribution in [3.05, 3.63) is 23.8 Å². The summed E-state index contributed by atoms with van der Waals surface area (Å²) in [7, 11) is 3.29. The van der Waals surface area contributed by atoms with E-state index in [2.05, 4.69) is 20.8 Å². The van der Waals surface area contributed by atoms with Crippen molar-refractivity contribution in [1.29, 1.82) is 0 Å². The van der Waals surface area contributed by atoms with E-state index < -0.39 is 0 Å². The first-order chi connectivity index (χ1) is 7.41. The Hall–Kier alpha value is -1.22. The molecule has 0 saturated heterocycles. The predicted octanol–water partition coefficient (Wildman–Crippen LogP) is 2.75. The maximum Gasteiger partial charge on any atom is 0.127 e. The van der Waals surface area contributed by atoms with Crippen LogP contribution in [0.25, 0.3) is 0 Å². The molecule has 3 heteroatoms. The van der Waals surface area contributed by atoms with Crippen molar-refractivity contribution in [3.63, 3.8) is 0 Å². The fraction of sp³-hybridized carbons (Fsp3) is 0.538.